The molecule has 0 amide bonds. The quantitative estimate of drug-likeness (QED) is 0.495. The smallest absolute Gasteiger partial charge is 0.271 e. The minimum Gasteiger partial charge on any atom is -0.399 e. The lowest BCUT2D eigenvalue weighted by atomic mass is 10.2. The molecule has 1 aromatic carbocycles. The van der Waals surface area contributed by atoms with Crippen LogP contribution < -0.4 is 5.73 Å². The van der Waals surface area contributed by atoms with Crippen molar-refractivity contribution in [3.05, 3.63) is 29.8 Å². The highest BCUT2D eigenvalue weighted by atomic mass is 35.5. The molecule has 6 heteroatoms. The Morgan fingerprint density at radius 3 is 1.88 bits per heavy atom. The van der Waals surface area contributed by atoms with E-state index in [4.69, 9.17) is 21.9 Å². The van der Waals surface area contributed by atoms with Gasteiger partial charge in [0.05, 0.1) is 0 Å². The minimum atomic E-state index is -3.98. The fraction of sp³-hybridized carbons (Fsp3) is 0.455. The fourth-order valence-corrected chi connectivity index (χ4v) is 1.19. The average Bonchev–Trinajstić information content (AvgIpc) is 2.22. The zero-order chi connectivity index (χ0) is 13.7. The van der Waals surface area contributed by atoms with Crippen LogP contribution in [-0.2, 0) is 10.1 Å². The Hall–Kier alpha value is -0.780. The zero-order valence-electron chi connectivity index (χ0n) is 10.1. The van der Waals surface area contributed by atoms with Gasteiger partial charge in [-0.05, 0) is 32.9 Å². The van der Waals surface area contributed by atoms with Crippen molar-refractivity contribution >= 4 is 27.4 Å². The van der Waals surface area contributed by atoms with Crippen molar-refractivity contribution in [2.75, 3.05) is 11.6 Å². The van der Waals surface area contributed by atoms with Crippen LogP contribution in [0.1, 0.15) is 19.4 Å². The van der Waals surface area contributed by atoms with Crippen molar-refractivity contribution in [3.63, 3.8) is 0 Å². The van der Waals surface area contributed by atoms with Gasteiger partial charge in [-0.15, -0.1) is 11.6 Å². The SMILES string of the molecule is CC(C)(CCl)S(=O)(=O)O.Cc1ccc(N)cc1. The highest BCUT2D eigenvalue weighted by molar-refractivity contribution is 7.87. The molecule has 0 bridgehead atoms. The van der Waals surface area contributed by atoms with E-state index in [-0.39, 0.29) is 5.88 Å². The van der Waals surface area contributed by atoms with Gasteiger partial charge < -0.3 is 5.73 Å². The number of nitrogen functional groups attached to an aromatic ring is 1. The van der Waals surface area contributed by atoms with E-state index in [9.17, 15) is 8.42 Å². The van der Waals surface area contributed by atoms with Crippen LogP contribution >= 0.6 is 11.6 Å². The molecule has 0 heterocycles. The Kier molecular flexibility index (Phi) is 5.95. The molecule has 0 aliphatic heterocycles. The summed E-state index contributed by atoms with van der Waals surface area (Å²) in [5.74, 6) is -0.105. The molecule has 1 rings (SSSR count). The summed E-state index contributed by atoms with van der Waals surface area (Å²) in [7, 11) is -3.98. The number of rotatable bonds is 2. The van der Waals surface area contributed by atoms with Gasteiger partial charge in [0.15, 0.2) is 0 Å². The molecule has 0 unspecified atom stereocenters. The van der Waals surface area contributed by atoms with E-state index in [1.165, 1.54) is 19.4 Å². The van der Waals surface area contributed by atoms with Crippen LogP contribution in [0, 0.1) is 6.92 Å². The zero-order valence-corrected chi connectivity index (χ0v) is 11.7. The van der Waals surface area contributed by atoms with Crippen LogP contribution in [0.15, 0.2) is 24.3 Å². The number of aryl methyl sites for hydroxylation is 1. The lowest BCUT2D eigenvalue weighted by molar-refractivity contribution is 0.451. The molecule has 17 heavy (non-hydrogen) atoms. The van der Waals surface area contributed by atoms with Crippen molar-refractivity contribution in [1.82, 2.24) is 0 Å². The van der Waals surface area contributed by atoms with Gasteiger partial charge in [0, 0.05) is 11.6 Å². The predicted octanol–water partition coefficient (Wildman–Crippen LogP) is 2.47. The number of anilines is 1. The summed E-state index contributed by atoms with van der Waals surface area (Å²) in [6, 6.07) is 7.79. The third-order valence-corrected chi connectivity index (χ3v) is 4.47. The summed E-state index contributed by atoms with van der Waals surface area (Å²) in [6.45, 7) is 4.75. The highest BCUT2D eigenvalue weighted by Gasteiger charge is 2.31. The lowest BCUT2D eigenvalue weighted by Gasteiger charge is -2.15. The van der Waals surface area contributed by atoms with Gasteiger partial charge in [-0.2, -0.15) is 8.42 Å². The summed E-state index contributed by atoms with van der Waals surface area (Å²) in [5.41, 5.74) is 7.51. The van der Waals surface area contributed by atoms with Gasteiger partial charge in [-0.3, -0.25) is 4.55 Å². The van der Waals surface area contributed by atoms with E-state index in [0.29, 0.717) is 0 Å². The minimum absolute atomic E-state index is 0.105. The van der Waals surface area contributed by atoms with E-state index in [2.05, 4.69) is 0 Å². The molecule has 1 aromatic rings. The molecule has 0 aliphatic carbocycles. The number of hydrogen-bond donors (Lipinski definition) is 2. The van der Waals surface area contributed by atoms with Crippen LogP contribution in [0.5, 0.6) is 0 Å². The molecule has 3 N–H and O–H groups in total. The van der Waals surface area contributed by atoms with Crippen molar-refractivity contribution in [2.45, 2.75) is 25.5 Å². The topological polar surface area (TPSA) is 80.4 Å². The molecule has 0 atom stereocenters. The number of benzene rings is 1. The summed E-state index contributed by atoms with van der Waals surface area (Å²) in [4.78, 5) is 0. The molecular weight excluding hydrogens is 262 g/mol. The number of hydrogen-bond acceptors (Lipinski definition) is 3. The van der Waals surface area contributed by atoms with E-state index < -0.39 is 14.9 Å². The van der Waals surface area contributed by atoms with Gasteiger partial charge in [0.2, 0.25) is 0 Å². The van der Waals surface area contributed by atoms with Crippen molar-refractivity contribution in [1.29, 1.82) is 0 Å². The molecular formula is C11H18ClNO3S. The van der Waals surface area contributed by atoms with E-state index in [1.807, 2.05) is 31.2 Å². The van der Waals surface area contributed by atoms with Gasteiger partial charge in [0.1, 0.15) is 4.75 Å². The predicted molar refractivity (Wildman–Crippen MR) is 71.9 cm³/mol. The fourth-order valence-electron chi connectivity index (χ4n) is 0.635. The Morgan fingerprint density at radius 2 is 1.71 bits per heavy atom. The molecule has 4 nitrogen and oxygen atoms in total. The first kappa shape index (κ1) is 16.2. The Labute approximate surface area is 108 Å². The molecule has 0 fully saturated rings. The summed E-state index contributed by atoms with van der Waals surface area (Å²) in [5, 5.41) is 0. The standard InChI is InChI=1S/C7H9N.C4H9ClO3S/c1-6-2-4-7(8)5-3-6;1-4(2,3-5)9(6,7)8/h2-5H,8H2,1H3;3H2,1-2H3,(H,6,7,8). The summed E-state index contributed by atoms with van der Waals surface area (Å²) < 4.78 is 27.9. The van der Waals surface area contributed by atoms with Crippen LogP contribution in [0.4, 0.5) is 5.69 Å². The first-order valence-electron chi connectivity index (χ1n) is 4.95. The second kappa shape index (κ2) is 6.23. The Morgan fingerprint density at radius 1 is 1.29 bits per heavy atom. The average molecular weight is 280 g/mol. The van der Waals surface area contributed by atoms with Gasteiger partial charge >= 0.3 is 0 Å². The largest absolute Gasteiger partial charge is 0.399 e. The molecule has 0 aliphatic rings. The van der Waals surface area contributed by atoms with E-state index in [1.54, 1.807) is 0 Å². The maximum atomic E-state index is 10.4. The summed E-state index contributed by atoms with van der Waals surface area (Å²) >= 11 is 5.24. The molecule has 0 saturated heterocycles. The third-order valence-electron chi connectivity index (χ3n) is 2.10. The molecule has 0 saturated carbocycles. The van der Waals surface area contributed by atoms with Crippen LogP contribution in [-0.4, -0.2) is 23.6 Å². The third kappa shape index (κ3) is 5.91. The first-order valence-corrected chi connectivity index (χ1v) is 6.93. The highest BCUT2D eigenvalue weighted by Crippen LogP contribution is 2.15. The first-order chi connectivity index (χ1) is 7.60. The van der Waals surface area contributed by atoms with Crippen molar-refractivity contribution < 1.29 is 13.0 Å². The van der Waals surface area contributed by atoms with Gasteiger partial charge in [-0.25, -0.2) is 0 Å². The second-order valence-electron chi connectivity index (χ2n) is 4.28. The van der Waals surface area contributed by atoms with E-state index >= 15 is 0 Å². The molecule has 98 valence electrons. The van der Waals surface area contributed by atoms with E-state index in [0.717, 1.165) is 5.69 Å². The molecule has 0 aromatic heterocycles. The number of halogens is 1. The monoisotopic (exact) mass is 279 g/mol. The van der Waals surface area contributed by atoms with Crippen molar-refractivity contribution in [3.8, 4) is 0 Å². The number of nitrogens with two attached hydrogens (primary N) is 1. The summed E-state index contributed by atoms with van der Waals surface area (Å²) in [6.07, 6.45) is 0. The van der Waals surface area contributed by atoms with Crippen LogP contribution in [0.3, 0.4) is 0 Å². The Bertz CT molecular complexity index is 419. The van der Waals surface area contributed by atoms with Crippen molar-refractivity contribution in [2.24, 2.45) is 0 Å². The van der Waals surface area contributed by atoms with Gasteiger partial charge in [0.25, 0.3) is 10.1 Å². The lowest BCUT2D eigenvalue weighted by Crippen LogP contribution is -2.32. The maximum absolute atomic E-state index is 10.4. The second-order valence-corrected chi connectivity index (χ2v) is 6.60. The molecule has 0 radical (unpaired) electrons. The van der Waals surface area contributed by atoms with Crippen LogP contribution in [0.25, 0.3) is 0 Å². The number of alkyl halides is 1. The molecule has 0 spiro atoms. The maximum Gasteiger partial charge on any atom is 0.271 e. The normalized spacial score (nSPS) is 11.6. The van der Waals surface area contributed by atoms with Gasteiger partial charge in [-0.1, -0.05) is 17.7 Å². The van der Waals surface area contributed by atoms with Crippen LogP contribution in [0.2, 0.25) is 0 Å². The Balaban J connectivity index is 0.000000302.